The second-order valence-electron chi connectivity index (χ2n) is 5.02. The number of aromatic nitrogens is 1. The third kappa shape index (κ3) is 4.22. The van der Waals surface area contributed by atoms with Gasteiger partial charge in [0.2, 0.25) is 5.88 Å². The van der Waals surface area contributed by atoms with Crippen LogP contribution in [0.25, 0.3) is 0 Å². The van der Waals surface area contributed by atoms with Crippen LogP contribution in [0.4, 0.5) is 0 Å². The molecule has 106 valence electrons. The number of pyridine rings is 1. The first kappa shape index (κ1) is 14.8. The van der Waals surface area contributed by atoms with E-state index in [1.165, 1.54) is 0 Å². The third-order valence-electron chi connectivity index (χ3n) is 2.76. The number of ether oxygens (including phenoxy) is 1. The number of nitrogens with zero attached hydrogens (tertiary/aromatic N) is 1. The predicted octanol–water partition coefficient (Wildman–Crippen LogP) is 4.33. The molecule has 1 aromatic carbocycles. The van der Waals surface area contributed by atoms with Crippen molar-refractivity contribution in [2.45, 2.75) is 33.4 Å². The maximum Gasteiger partial charge on any atom is 0.219 e. The smallest absolute Gasteiger partial charge is 0.219 e. The highest BCUT2D eigenvalue weighted by Gasteiger charge is 2.06. The summed E-state index contributed by atoms with van der Waals surface area (Å²) < 4.78 is 5.77. The molecule has 0 saturated heterocycles. The van der Waals surface area contributed by atoms with Gasteiger partial charge in [-0.15, -0.1) is 0 Å². The molecule has 0 aliphatic rings. The van der Waals surface area contributed by atoms with Gasteiger partial charge in [0, 0.05) is 24.3 Å². The van der Waals surface area contributed by atoms with Crippen LogP contribution in [-0.2, 0) is 6.54 Å². The quantitative estimate of drug-likeness (QED) is 0.890. The van der Waals surface area contributed by atoms with Crippen molar-refractivity contribution >= 4 is 11.6 Å². The van der Waals surface area contributed by atoms with Crippen molar-refractivity contribution in [3.63, 3.8) is 0 Å². The van der Waals surface area contributed by atoms with Crippen molar-refractivity contribution in [2.75, 3.05) is 0 Å². The molecule has 0 spiro atoms. The van der Waals surface area contributed by atoms with Crippen LogP contribution in [0, 0.1) is 6.92 Å². The van der Waals surface area contributed by atoms with Crippen LogP contribution < -0.4 is 10.1 Å². The number of hydrogen-bond donors (Lipinski definition) is 1. The zero-order valence-corrected chi connectivity index (χ0v) is 12.7. The van der Waals surface area contributed by atoms with E-state index >= 15 is 0 Å². The van der Waals surface area contributed by atoms with E-state index in [1.807, 2.05) is 31.2 Å². The molecular formula is C16H19ClN2O. The Hall–Kier alpha value is -1.58. The van der Waals surface area contributed by atoms with Crippen molar-refractivity contribution in [2.24, 2.45) is 0 Å². The van der Waals surface area contributed by atoms with Crippen LogP contribution in [0.2, 0.25) is 5.02 Å². The Morgan fingerprint density at radius 2 is 2.00 bits per heavy atom. The average Bonchev–Trinajstić information content (AvgIpc) is 2.38. The summed E-state index contributed by atoms with van der Waals surface area (Å²) in [6.07, 6.45) is 0. The first-order chi connectivity index (χ1) is 9.54. The summed E-state index contributed by atoms with van der Waals surface area (Å²) in [4.78, 5) is 4.39. The van der Waals surface area contributed by atoms with Crippen molar-refractivity contribution in [1.82, 2.24) is 10.3 Å². The molecule has 0 unspecified atom stereocenters. The highest BCUT2D eigenvalue weighted by Crippen LogP contribution is 2.28. The molecular weight excluding hydrogens is 272 g/mol. The van der Waals surface area contributed by atoms with Crippen molar-refractivity contribution in [3.05, 3.63) is 52.7 Å². The number of benzene rings is 1. The molecule has 1 heterocycles. The molecule has 4 heteroatoms. The van der Waals surface area contributed by atoms with Crippen LogP contribution in [0.5, 0.6) is 11.6 Å². The second-order valence-corrected chi connectivity index (χ2v) is 5.43. The summed E-state index contributed by atoms with van der Waals surface area (Å²) in [5, 5.41) is 3.96. The lowest BCUT2D eigenvalue weighted by Crippen LogP contribution is -2.21. The second kappa shape index (κ2) is 6.73. The molecule has 0 saturated carbocycles. The Morgan fingerprint density at radius 3 is 2.70 bits per heavy atom. The maximum atomic E-state index is 6.09. The highest BCUT2D eigenvalue weighted by atomic mass is 35.5. The molecule has 1 aromatic heterocycles. The Bertz CT molecular complexity index is 584. The normalized spacial score (nSPS) is 10.8. The largest absolute Gasteiger partial charge is 0.437 e. The molecule has 0 bridgehead atoms. The Balaban J connectivity index is 2.17. The molecule has 0 fully saturated rings. The summed E-state index contributed by atoms with van der Waals surface area (Å²) in [5.74, 6) is 1.19. The Morgan fingerprint density at radius 1 is 1.25 bits per heavy atom. The highest BCUT2D eigenvalue weighted by molar-refractivity contribution is 6.32. The number of hydrogen-bond acceptors (Lipinski definition) is 3. The SMILES string of the molecule is Cc1cc(CNC(C)C)cc(Oc2ccccc2Cl)n1. The van der Waals surface area contributed by atoms with E-state index < -0.39 is 0 Å². The van der Waals surface area contributed by atoms with Gasteiger partial charge >= 0.3 is 0 Å². The minimum Gasteiger partial charge on any atom is -0.437 e. The maximum absolute atomic E-state index is 6.09. The van der Waals surface area contributed by atoms with E-state index in [0.29, 0.717) is 22.7 Å². The van der Waals surface area contributed by atoms with Crippen LogP contribution in [0.15, 0.2) is 36.4 Å². The molecule has 0 amide bonds. The Kier molecular flexibility index (Phi) is 4.99. The van der Waals surface area contributed by atoms with E-state index in [0.717, 1.165) is 17.8 Å². The Labute approximate surface area is 124 Å². The van der Waals surface area contributed by atoms with Gasteiger partial charge in [-0.25, -0.2) is 4.98 Å². The van der Waals surface area contributed by atoms with Gasteiger partial charge in [0.15, 0.2) is 0 Å². The summed E-state index contributed by atoms with van der Waals surface area (Å²) >= 11 is 6.09. The summed E-state index contributed by atoms with van der Waals surface area (Å²) in [6, 6.07) is 11.8. The van der Waals surface area contributed by atoms with E-state index in [4.69, 9.17) is 16.3 Å². The summed E-state index contributed by atoms with van der Waals surface area (Å²) in [7, 11) is 0. The first-order valence-corrected chi connectivity index (χ1v) is 7.05. The number of rotatable bonds is 5. The standard InChI is InChI=1S/C16H19ClN2O/c1-11(2)18-10-13-8-12(3)19-16(9-13)20-15-7-5-4-6-14(15)17/h4-9,11,18H,10H2,1-3H3. The molecule has 0 aliphatic heterocycles. The van der Waals surface area contributed by atoms with Crippen molar-refractivity contribution in [3.8, 4) is 11.6 Å². The van der Waals surface area contributed by atoms with Gasteiger partial charge < -0.3 is 10.1 Å². The molecule has 20 heavy (non-hydrogen) atoms. The fourth-order valence-electron chi connectivity index (χ4n) is 1.82. The zero-order valence-electron chi connectivity index (χ0n) is 12.0. The lowest BCUT2D eigenvalue weighted by atomic mass is 10.2. The predicted molar refractivity (Wildman–Crippen MR) is 82.5 cm³/mol. The molecule has 0 radical (unpaired) electrons. The van der Waals surface area contributed by atoms with Crippen molar-refractivity contribution in [1.29, 1.82) is 0 Å². The van der Waals surface area contributed by atoms with E-state index in [9.17, 15) is 0 Å². The fourth-order valence-corrected chi connectivity index (χ4v) is 2.00. The molecule has 2 rings (SSSR count). The van der Waals surface area contributed by atoms with Crippen molar-refractivity contribution < 1.29 is 4.74 Å². The van der Waals surface area contributed by atoms with Crippen LogP contribution >= 0.6 is 11.6 Å². The minimum absolute atomic E-state index is 0.441. The van der Waals surface area contributed by atoms with Crippen LogP contribution in [0.3, 0.4) is 0 Å². The number of aryl methyl sites for hydroxylation is 1. The van der Waals surface area contributed by atoms with Gasteiger partial charge in [-0.3, -0.25) is 0 Å². The first-order valence-electron chi connectivity index (χ1n) is 6.68. The van der Waals surface area contributed by atoms with Gasteiger partial charge in [-0.05, 0) is 30.7 Å². The average molecular weight is 291 g/mol. The van der Waals surface area contributed by atoms with Gasteiger partial charge in [-0.1, -0.05) is 37.6 Å². The molecule has 0 aliphatic carbocycles. The van der Waals surface area contributed by atoms with Gasteiger partial charge in [0.1, 0.15) is 5.75 Å². The van der Waals surface area contributed by atoms with Crippen LogP contribution in [-0.4, -0.2) is 11.0 Å². The van der Waals surface area contributed by atoms with Gasteiger partial charge in [0.05, 0.1) is 5.02 Å². The zero-order chi connectivity index (χ0) is 14.5. The molecule has 2 aromatic rings. The third-order valence-corrected chi connectivity index (χ3v) is 3.07. The van der Waals surface area contributed by atoms with E-state index in [-0.39, 0.29) is 0 Å². The molecule has 0 atom stereocenters. The lowest BCUT2D eigenvalue weighted by Gasteiger charge is -2.11. The number of halogens is 1. The van der Waals surface area contributed by atoms with E-state index in [1.54, 1.807) is 6.07 Å². The number of para-hydroxylation sites is 1. The molecule has 3 nitrogen and oxygen atoms in total. The summed E-state index contributed by atoms with van der Waals surface area (Å²) in [5.41, 5.74) is 2.07. The number of nitrogens with one attached hydrogen (secondary N) is 1. The minimum atomic E-state index is 0.441. The fraction of sp³-hybridized carbons (Fsp3) is 0.312. The summed E-state index contributed by atoms with van der Waals surface area (Å²) in [6.45, 7) is 6.99. The van der Waals surface area contributed by atoms with Gasteiger partial charge in [0.25, 0.3) is 0 Å². The van der Waals surface area contributed by atoms with E-state index in [2.05, 4.69) is 30.2 Å². The van der Waals surface area contributed by atoms with Gasteiger partial charge in [-0.2, -0.15) is 0 Å². The lowest BCUT2D eigenvalue weighted by molar-refractivity contribution is 0.460. The molecule has 1 N–H and O–H groups in total. The topological polar surface area (TPSA) is 34.1 Å². The van der Waals surface area contributed by atoms with Crippen LogP contribution in [0.1, 0.15) is 25.1 Å². The monoisotopic (exact) mass is 290 g/mol.